The summed E-state index contributed by atoms with van der Waals surface area (Å²) in [5.41, 5.74) is 0.232. The first kappa shape index (κ1) is 31.9. The molecule has 0 aromatic rings. The van der Waals surface area contributed by atoms with Gasteiger partial charge >= 0.3 is 5.97 Å². The molecule has 1 heterocycles. The highest BCUT2D eigenvalue weighted by molar-refractivity contribution is 5.76. The Morgan fingerprint density at radius 2 is 1.63 bits per heavy atom. The van der Waals surface area contributed by atoms with Gasteiger partial charge in [-0.3, -0.25) is 4.79 Å². The molecule has 0 amide bonds. The highest BCUT2D eigenvalue weighted by Crippen LogP contribution is 2.76. The summed E-state index contributed by atoms with van der Waals surface area (Å²) in [5.74, 6) is 0.0529. The molecule has 0 aromatic heterocycles. The second kappa shape index (κ2) is 10.2. The second-order valence-corrected chi connectivity index (χ2v) is 17.3. The molecule has 0 spiro atoms. The Balaban J connectivity index is 1.32. The van der Waals surface area contributed by atoms with Crippen LogP contribution in [0.2, 0.25) is 0 Å². The molecule has 13 atom stereocenters. The van der Waals surface area contributed by atoms with Crippen molar-refractivity contribution in [1.29, 1.82) is 0 Å². The SMILES string of the molecule is CC1(C)CC[C@@]2(C(=O)O)CC[C@@]3(C)C(=CC[C@@H]4[C@]5(C)CC[C@H](O[C@@H]6OC[C@H](O)[C@H](O)[C@H]6O)[C@](C)(CO)[C@@H]5CC[C@@]43C)[C@@H]2C1. The number of rotatable bonds is 4. The number of aliphatic carboxylic acids is 1. The van der Waals surface area contributed by atoms with Crippen LogP contribution in [0.4, 0.5) is 0 Å². The van der Waals surface area contributed by atoms with Crippen molar-refractivity contribution in [2.24, 2.45) is 50.2 Å². The first-order valence-corrected chi connectivity index (χ1v) is 16.9. The molecule has 5 fully saturated rings. The number of carboxylic acid groups (broad SMARTS) is 1. The first-order valence-electron chi connectivity index (χ1n) is 16.9. The van der Waals surface area contributed by atoms with Crippen LogP contribution in [0.1, 0.15) is 106 Å². The first-order chi connectivity index (χ1) is 20.0. The van der Waals surface area contributed by atoms with E-state index in [1.54, 1.807) is 0 Å². The minimum Gasteiger partial charge on any atom is -0.481 e. The quantitative estimate of drug-likeness (QED) is 0.231. The van der Waals surface area contributed by atoms with Crippen molar-refractivity contribution in [3.8, 4) is 0 Å². The predicted molar refractivity (Wildman–Crippen MR) is 161 cm³/mol. The molecule has 8 nitrogen and oxygen atoms in total. The van der Waals surface area contributed by atoms with E-state index < -0.39 is 41.4 Å². The van der Waals surface area contributed by atoms with Crippen LogP contribution in [0.15, 0.2) is 11.6 Å². The maximum atomic E-state index is 12.9. The molecule has 8 heteroatoms. The lowest BCUT2D eigenvalue weighted by Crippen LogP contribution is -2.66. The van der Waals surface area contributed by atoms with Crippen LogP contribution in [0.3, 0.4) is 0 Å². The van der Waals surface area contributed by atoms with Gasteiger partial charge in [0.25, 0.3) is 0 Å². The maximum Gasteiger partial charge on any atom is 0.310 e. The Hall–Kier alpha value is -1.03. The Kier molecular flexibility index (Phi) is 7.60. The third-order valence-electron chi connectivity index (χ3n) is 14.9. The number of carbonyl (C=O) groups is 1. The second-order valence-electron chi connectivity index (χ2n) is 17.3. The summed E-state index contributed by atoms with van der Waals surface area (Å²) >= 11 is 0. The van der Waals surface area contributed by atoms with Gasteiger partial charge in [0.05, 0.1) is 24.7 Å². The van der Waals surface area contributed by atoms with E-state index in [1.807, 2.05) is 0 Å². The van der Waals surface area contributed by atoms with Gasteiger partial charge in [0.2, 0.25) is 0 Å². The minimum absolute atomic E-state index is 0.0154. The third-order valence-corrected chi connectivity index (χ3v) is 14.9. The number of hydrogen-bond donors (Lipinski definition) is 5. The van der Waals surface area contributed by atoms with Crippen LogP contribution >= 0.6 is 0 Å². The number of fused-ring (bicyclic) bond motifs is 7. The Morgan fingerprint density at radius 3 is 2.30 bits per heavy atom. The van der Waals surface area contributed by atoms with Gasteiger partial charge in [-0.2, -0.15) is 0 Å². The van der Waals surface area contributed by atoms with Crippen LogP contribution in [0.25, 0.3) is 0 Å². The number of ether oxygens (including phenoxy) is 2. The Bertz CT molecular complexity index is 1150. The normalized spacial score (nSPS) is 54.3. The summed E-state index contributed by atoms with van der Waals surface area (Å²) in [5, 5.41) is 52.3. The smallest absolute Gasteiger partial charge is 0.310 e. The lowest BCUT2D eigenvalue weighted by atomic mass is 9.33. The highest BCUT2D eigenvalue weighted by atomic mass is 16.7. The van der Waals surface area contributed by atoms with Gasteiger partial charge in [0.15, 0.2) is 6.29 Å². The van der Waals surface area contributed by atoms with Crippen molar-refractivity contribution in [3.63, 3.8) is 0 Å². The summed E-state index contributed by atoms with van der Waals surface area (Å²) in [6.45, 7) is 13.9. The van der Waals surface area contributed by atoms with Gasteiger partial charge in [-0.1, -0.05) is 53.2 Å². The van der Waals surface area contributed by atoms with E-state index in [1.165, 1.54) is 5.57 Å². The fourth-order valence-corrected chi connectivity index (χ4v) is 11.9. The van der Waals surface area contributed by atoms with E-state index in [2.05, 4.69) is 47.6 Å². The maximum absolute atomic E-state index is 12.9. The third kappa shape index (κ3) is 4.32. The standard InChI is InChI=1S/C35H56O8/c1-30(2)13-15-35(29(40)41)16-14-33(5)20(21(35)17-30)7-8-24-31(3)11-10-25(43-28-27(39)26(38)22(37)18-42-28)32(4,19-36)23(31)9-12-34(24,33)6/h7,21-28,36-39H,8-19H2,1-6H3,(H,40,41)/t21-,22-,23+,24+,25-,26-,27+,28-,31+,32+,33-,34-,35+/m0/s1. The monoisotopic (exact) mass is 604 g/mol. The zero-order valence-corrected chi connectivity index (χ0v) is 27.1. The number of aliphatic hydroxyl groups is 4. The molecule has 6 rings (SSSR count). The largest absolute Gasteiger partial charge is 0.481 e. The van der Waals surface area contributed by atoms with E-state index in [0.29, 0.717) is 12.3 Å². The molecular formula is C35H56O8. The molecule has 0 bridgehead atoms. The lowest BCUT2D eigenvalue weighted by molar-refractivity contribution is -0.312. The molecule has 0 aromatic carbocycles. The van der Waals surface area contributed by atoms with Crippen LogP contribution in [-0.4, -0.2) is 75.4 Å². The zero-order valence-electron chi connectivity index (χ0n) is 27.1. The van der Waals surface area contributed by atoms with Gasteiger partial charge < -0.3 is 35.0 Å². The molecule has 1 aliphatic heterocycles. The van der Waals surface area contributed by atoms with Gasteiger partial charge in [-0.25, -0.2) is 0 Å². The molecule has 1 saturated heterocycles. The molecule has 5 aliphatic carbocycles. The Morgan fingerprint density at radius 1 is 0.930 bits per heavy atom. The van der Waals surface area contributed by atoms with Crippen molar-refractivity contribution in [2.45, 2.75) is 136 Å². The fourth-order valence-electron chi connectivity index (χ4n) is 11.9. The van der Waals surface area contributed by atoms with E-state index in [0.717, 1.165) is 57.8 Å². The number of allylic oxidation sites excluding steroid dienone is 2. The summed E-state index contributed by atoms with van der Waals surface area (Å²) in [7, 11) is 0. The van der Waals surface area contributed by atoms with Crippen molar-refractivity contribution in [3.05, 3.63) is 11.6 Å². The molecule has 43 heavy (non-hydrogen) atoms. The van der Waals surface area contributed by atoms with Gasteiger partial charge in [0.1, 0.15) is 18.3 Å². The number of hydrogen-bond acceptors (Lipinski definition) is 7. The van der Waals surface area contributed by atoms with Crippen molar-refractivity contribution in [2.75, 3.05) is 13.2 Å². The van der Waals surface area contributed by atoms with E-state index in [4.69, 9.17) is 9.47 Å². The topological polar surface area (TPSA) is 137 Å². The molecular weight excluding hydrogens is 548 g/mol. The van der Waals surface area contributed by atoms with Crippen LogP contribution in [-0.2, 0) is 14.3 Å². The minimum atomic E-state index is -1.36. The summed E-state index contributed by atoms with van der Waals surface area (Å²) in [4.78, 5) is 12.9. The summed E-state index contributed by atoms with van der Waals surface area (Å²) in [6.07, 6.45) is 6.03. The lowest BCUT2D eigenvalue weighted by Gasteiger charge is -2.71. The number of aliphatic hydroxyl groups excluding tert-OH is 4. The van der Waals surface area contributed by atoms with Gasteiger partial charge in [-0.15, -0.1) is 0 Å². The van der Waals surface area contributed by atoms with Crippen LogP contribution < -0.4 is 0 Å². The predicted octanol–water partition coefficient (Wildman–Crippen LogP) is 4.67. The van der Waals surface area contributed by atoms with Gasteiger partial charge in [-0.05, 0) is 104 Å². The van der Waals surface area contributed by atoms with Crippen molar-refractivity contribution in [1.82, 2.24) is 0 Å². The molecule has 244 valence electrons. The average Bonchev–Trinajstić information content (AvgIpc) is 2.94. The highest BCUT2D eigenvalue weighted by Gasteiger charge is 2.70. The van der Waals surface area contributed by atoms with E-state index >= 15 is 0 Å². The molecule has 4 saturated carbocycles. The summed E-state index contributed by atoms with van der Waals surface area (Å²) in [6, 6.07) is 0. The van der Waals surface area contributed by atoms with Crippen LogP contribution in [0.5, 0.6) is 0 Å². The van der Waals surface area contributed by atoms with Crippen LogP contribution in [0, 0.1) is 50.2 Å². The number of carboxylic acids is 1. The molecule has 0 unspecified atom stereocenters. The molecule has 6 aliphatic rings. The zero-order chi connectivity index (χ0) is 31.4. The van der Waals surface area contributed by atoms with Crippen molar-refractivity contribution >= 4 is 5.97 Å². The fraction of sp³-hybridized carbons (Fsp3) is 0.914. The van der Waals surface area contributed by atoms with E-state index in [-0.39, 0.29) is 52.8 Å². The average molecular weight is 605 g/mol. The molecule has 5 N–H and O–H groups in total. The molecule has 0 radical (unpaired) electrons. The summed E-state index contributed by atoms with van der Waals surface area (Å²) < 4.78 is 12.0. The van der Waals surface area contributed by atoms with Crippen molar-refractivity contribution < 1.29 is 39.8 Å². The Labute approximate surface area is 257 Å². The van der Waals surface area contributed by atoms with Gasteiger partial charge in [0, 0.05) is 5.41 Å². The van der Waals surface area contributed by atoms with E-state index in [9.17, 15) is 30.3 Å².